The van der Waals surface area contributed by atoms with E-state index in [9.17, 15) is 5.26 Å². The number of H-pyrrole nitrogens is 1. The molecule has 7 rings (SSSR count). The molecule has 2 atom stereocenters. The Morgan fingerprint density at radius 3 is 2.81 bits per heavy atom. The van der Waals surface area contributed by atoms with Crippen LogP contribution in [0, 0.1) is 18.3 Å². The number of aryl methyl sites for hydroxylation is 1. The molecule has 4 aromatic rings. The van der Waals surface area contributed by atoms with Crippen LogP contribution in [0.15, 0.2) is 24.4 Å². The summed E-state index contributed by atoms with van der Waals surface area (Å²) in [7, 11) is 2.14. The molecule has 42 heavy (non-hydrogen) atoms. The molecule has 2 aliphatic heterocycles. The minimum absolute atomic E-state index is 0.0449. The summed E-state index contributed by atoms with van der Waals surface area (Å²) in [6.07, 6.45) is 6.61. The molecule has 11 heteroatoms. The van der Waals surface area contributed by atoms with Crippen LogP contribution in [0.4, 0.5) is 5.82 Å². The Balaban J connectivity index is 1.42. The third-order valence-corrected chi connectivity index (χ3v) is 9.02. The molecule has 4 heterocycles. The second-order valence-electron chi connectivity index (χ2n) is 11.7. The average molecular weight is 587 g/mol. The van der Waals surface area contributed by atoms with Gasteiger partial charge in [-0.3, -0.25) is 5.10 Å². The van der Waals surface area contributed by atoms with E-state index in [0.29, 0.717) is 47.9 Å². The van der Waals surface area contributed by atoms with Gasteiger partial charge in [0.05, 0.1) is 35.3 Å². The lowest BCUT2D eigenvalue weighted by Crippen LogP contribution is -2.51. The van der Waals surface area contributed by atoms with Gasteiger partial charge in [-0.15, -0.1) is 0 Å². The summed E-state index contributed by atoms with van der Waals surface area (Å²) in [6.45, 7) is 5.81. The quantitative estimate of drug-likeness (QED) is 0.299. The molecular formula is C31H35ClN8O2. The highest BCUT2D eigenvalue weighted by Gasteiger charge is 2.32. The van der Waals surface area contributed by atoms with Crippen molar-refractivity contribution >= 4 is 39.2 Å². The fraction of sp³-hybridized carbons (Fsp3) is 0.484. The highest BCUT2D eigenvalue weighted by atomic mass is 35.5. The first-order valence-electron chi connectivity index (χ1n) is 14.8. The first kappa shape index (κ1) is 27.2. The lowest BCUT2D eigenvalue weighted by Gasteiger charge is -2.34. The number of nitriles is 1. The normalized spacial score (nSPS) is 21.2. The maximum Gasteiger partial charge on any atom is 0.319 e. The van der Waals surface area contributed by atoms with E-state index >= 15 is 0 Å². The maximum absolute atomic E-state index is 9.37. The van der Waals surface area contributed by atoms with Crippen molar-refractivity contribution in [2.24, 2.45) is 0 Å². The van der Waals surface area contributed by atoms with Crippen molar-refractivity contribution in [3.63, 3.8) is 0 Å². The summed E-state index contributed by atoms with van der Waals surface area (Å²) in [4.78, 5) is 14.6. The zero-order valence-electron chi connectivity index (χ0n) is 24.0. The molecule has 3 aliphatic rings. The summed E-state index contributed by atoms with van der Waals surface area (Å²) < 4.78 is 13.0. The summed E-state index contributed by atoms with van der Waals surface area (Å²) in [6, 6.07) is 9.09. The second-order valence-corrected chi connectivity index (χ2v) is 12.1. The smallest absolute Gasteiger partial charge is 0.319 e. The van der Waals surface area contributed by atoms with E-state index in [1.165, 1.54) is 0 Å². The van der Waals surface area contributed by atoms with Gasteiger partial charge in [-0.25, -0.2) is 0 Å². The van der Waals surface area contributed by atoms with Crippen LogP contribution in [-0.2, 0) is 0 Å². The first-order valence-corrected chi connectivity index (χ1v) is 15.2. The fourth-order valence-corrected chi connectivity index (χ4v) is 6.55. The molecule has 3 fully saturated rings. The maximum atomic E-state index is 9.37. The van der Waals surface area contributed by atoms with Gasteiger partial charge in [0, 0.05) is 53.6 Å². The van der Waals surface area contributed by atoms with Crippen molar-refractivity contribution < 1.29 is 9.47 Å². The van der Waals surface area contributed by atoms with Crippen molar-refractivity contribution in [1.29, 1.82) is 5.26 Å². The predicted molar refractivity (Wildman–Crippen MR) is 163 cm³/mol. The average Bonchev–Trinajstić information content (AvgIpc) is 3.51. The topological polar surface area (TPSA) is 115 Å². The highest BCUT2D eigenvalue weighted by Crippen LogP contribution is 2.48. The zero-order chi connectivity index (χ0) is 28.8. The van der Waals surface area contributed by atoms with Gasteiger partial charge in [0.1, 0.15) is 17.9 Å². The number of aromatic nitrogens is 4. The Labute approximate surface area is 250 Å². The summed E-state index contributed by atoms with van der Waals surface area (Å²) in [5.74, 6) is 1.42. The van der Waals surface area contributed by atoms with Crippen LogP contribution < -0.4 is 19.7 Å². The van der Waals surface area contributed by atoms with Gasteiger partial charge in [0.15, 0.2) is 5.75 Å². The highest BCUT2D eigenvalue weighted by molar-refractivity contribution is 6.35. The van der Waals surface area contributed by atoms with Crippen LogP contribution in [0.1, 0.15) is 37.7 Å². The lowest BCUT2D eigenvalue weighted by molar-refractivity contribution is 0.188. The van der Waals surface area contributed by atoms with Crippen molar-refractivity contribution in [3.05, 3.63) is 35.0 Å². The summed E-state index contributed by atoms with van der Waals surface area (Å²) in [5, 5.41) is 22.6. The van der Waals surface area contributed by atoms with E-state index in [1.807, 2.05) is 18.3 Å². The van der Waals surface area contributed by atoms with Crippen LogP contribution in [0.25, 0.3) is 32.9 Å². The number of hydrogen-bond donors (Lipinski definition) is 2. The molecule has 1 unspecified atom stereocenters. The largest absolute Gasteiger partial charge is 0.487 e. The van der Waals surface area contributed by atoms with Crippen molar-refractivity contribution in [1.82, 2.24) is 30.4 Å². The molecule has 0 bridgehead atoms. The molecule has 0 radical (unpaired) electrons. The molecule has 1 saturated carbocycles. The molecule has 218 valence electrons. The number of fused-ring (bicyclic) bond motifs is 2. The van der Waals surface area contributed by atoms with Gasteiger partial charge in [-0.05, 0) is 63.9 Å². The van der Waals surface area contributed by atoms with Crippen LogP contribution >= 0.6 is 11.6 Å². The molecule has 2 aromatic carbocycles. The number of halogens is 1. The molecule has 0 spiro atoms. The second kappa shape index (κ2) is 11.2. The lowest BCUT2D eigenvalue weighted by atomic mass is 9.94. The number of anilines is 1. The van der Waals surface area contributed by atoms with Gasteiger partial charge in [-0.1, -0.05) is 17.7 Å². The number of benzene rings is 2. The van der Waals surface area contributed by atoms with E-state index in [0.717, 1.165) is 84.1 Å². The number of ether oxygens (including phenoxy) is 2. The fourth-order valence-electron chi connectivity index (χ4n) is 6.26. The Morgan fingerprint density at radius 1 is 1.14 bits per heavy atom. The standard InChI is InChI=1S/C31H35ClN8O2/c1-18-5-8-25-23(15-35-38-25)26(18)27-24(32)14-22-28(29(27)42-21-6-7-21)36-31(41-17-20-4-3-12-39(20)2)37-30(22)40-13-11-34-19(16-40)9-10-33/h5,8,14-15,19-21,34H,3-4,6-7,9,11-13,16-17H2,1-2H3,(H,35,38)/t19-,20?/m0/s1. The van der Waals surface area contributed by atoms with Gasteiger partial charge in [0.25, 0.3) is 0 Å². The van der Waals surface area contributed by atoms with Crippen LogP contribution in [0.5, 0.6) is 11.8 Å². The van der Waals surface area contributed by atoms with E-state index in [4.69, 9.17) is 31.0 Å². The van der Waals surface area contributed by atoms with E-state index in [-0.39, 0.29) is 12.1 Å². The third-order valence-electron chi connectivity index (χ3n) is 8.72. The number of nitrogens with one attached hydrogen (secondary N) is 2. The first-order chi connectivity index (χ1) is 20.5. The van der Waals surface area contributed by atoms with E-state index in [1.54, 1.807) is 0 Å². The Hall–Kier alpha value is -3.65. The number of likely N-dealkylation sites (N-methyl/N-ethyl adjacent to an activating group) is 1. The van der Waals surface area contributed by atoms with Crippen molar-refractivity contribution in [3.8, 4) is 29.0 Å². The SMILES string of the molecule is Cc1ccc2[nH]ncc2c1-c1c(Cl)cc2c(N3CCN[C@@H](CC#N)C3)nc(OCC3CCCN3C)nc2c1OC1CC1. The molecule has 2 N–H and O–H groups in total. The Kier molecular flexibility index (Phi) is 7.26. The number of likely N-dealkylation sites (tertiary alicyclic amines) is 1. The van der Waals surface area contributed by atoms with Gasteiger partial charge >= 0.3 is 6.01 Å². The Morgan fingerprint density at radius 2 is 2.02 bits per heavy atom. The molecule has 2 saturated heterocycles. The summed E-state index contributed by atoms with van der Waals surface area (Å²) >= 11 is 7.20. The monoisotopic (exact) mass is 586 g/mol. The molecular weight excluding hydrogens is 552 g/mol. The minimum atomic E-state index is 0.0449. The molecule has 0 amide bonds. The number of hydrogen-bond acceptors (Lipinski definition) is 9. The molecule has 1 aliphatic carbocycles. The third kappa shape index (κ3) is 5.10. The molecule has 10 nitrogen and oxygen atoms in total. The predicted octanol–water partition coefficient (Wildman–Crippen LogP) is 4.84. The Bertz CT molecular complexity index is 1680. The van der Waals surface area contributed by atoms with Crippen molar-refractivity contribution in [2.45, 2.75) is 57.2 Å². The number of aromatic amines is 1. The van der Waals surface area contributed by atoms with Crippen LogP contribution in [0.3, 0.4) is 0 Å². The van der Waals surface area contributed by atoms with Gasteiger partial charge in [0.2, 0.25) is 0 Å². The molecule has 2 aromatic heterocycles. The van der Waals surface area contributed by atoms with E-state index < -0.39 is 0 Å². The van der Waals surface area contributed by atoms with Gasteiger partial charge < -0.3 is 24.6 Å². The van der Waals surface area contributed by atoms with Gasteiger partial charge in [-0.2, -0.15) is 20.3 Å². The van der Waals surface area contributed by atoms with Crippen LogP contribution in [0.2, 0.25) is 5.02 Å². The summed E-state index contributed by atoms with van der Waals surface area (Å²) in [5.41, 5.74) is 4.49. The minimum Gasteiger partial charge on any atom is -0.487 e. The zero-order valence-corrected chi connectivity index (χ0v) is 24.7. The van der Waals surface area contributed by atoms with Crippen LogP contribution in [-0.4, -0.2) is 83.1 Å². The van der Waals surface area contributed by atoms with Crippen molar-refractivity contribution in [2.75, 3.05) is 44.7 Å². The number of rotatable bonds is 8. The van der Waals surface area contributed by atoms with E-state index in [2.05, 4.69) is 51.4 Å². The number of nitrogens with zero attached hydrogens (tertiary/aromatic N) is 6. The number of piperazine rings is 1.